The van der Waals surface area contributed by atoms with Gasteiger partial charge in [0.05, 0.1) is 31.0 Å². The lowest BCUT2D eigenvalue weighted by Gasteiger charge is -2.21. The molecule has 10 nitrogen and oxygen atoms in total. The number of nitrogens with zero attached hydrogens (tertiary/aromatic N) is 2. The number of aryl methyl sites for hydroxylation is 1. The third kappa shape index (κ3) is 4.74. The van der Waals surface area contributed by atoms with Crippen LogP contribution in [0, 0.1) is 13.8 Å². The number of aromatic amines is 2. The van der Waals surface area contributed by atoms with Crippen LogP contribution in [0.2, 0.25) is 0 Å². The molecule has 33 heavy (non-hydrogen) atoms. The predicted octanol–water partition coefficient (Wildman–Crippen LogP) is 1.61. The number of hydrogen-bond acceptors (Lipinski definition) is 7. The third-order valence-corrected chi connectivity index (χ3v) is 5.36. The van der Waals surface area contributed by atoms with Gasteiger partial charge >= 0.3 is 11.7 Å². The summed E-state index contributed by atoms with van der Waals surface area (Å²) in [6.07, 6.45) is 0. The Bertz CT molecular complexity index is 1300. The lowest BCUT2D eigenvalue weighted by molar-refractivity contribution is 0.0525. The molecule has 1 aromatic carbocycles. The van der Waals surface area contributed by atoms with Gasteiger partial charge in [-0.1, -0.05) is 30.3 Å². The number of esters is 1. The van der Waals surface area contributed by atoms with Gasteiger partial charge in [0.25, 0.3) is 5.56 Å². The van der Waals surface area contributed by atoms with Crippen molar-refractivity contribution in [1.82, 2.24) is 14.5 Å². The summed E-state index contributed by atoms with van der Waals surface area (Å²) in [7, 11) is 1.54. The molecule has 2 aromatic heterocycles. The topological polar surface area (TPSA) is 143 Å². The summed E-state index contributed by atoms with van der Waals surface area (Å²) >= 11 is 0. The molecular formula is C23H27N5O5. The maximum absolute atomic E-state index is 13.0. The summed E-state index contributed by atoms with van der Waals surface area (Å²) in [5.74, 6) is -0.910. The van der Waals surface area contributed by atoms with Crippen LogP contribution in [0.4, 0.5) is 11.5 Å². The Morgan fingerprint density at radius 2 is 1.79 bits per heavy atom. The standard InChI is InChI=1S/C23H27N5O5/c1-5-33-22(31)17-13(2)18(25-14(17)3)16(29)12-27(4)19-20(24)28(23(32)26-21(19)30)11-15-9-7-6-8-10-15/h6-10,25H,5,11-12,24H2,1-4H3,(H,26,30,32). The minimum absolute atomic E-state index is 0.00503. The van der Waals surface area contributed by atoms with E-state index in [1.54, 1.807) is 20.8 Å². The lowest BCUT2D eigenvalue weighted by atomic mass is 10.1. The van der Waals surface area contributed by atoms with Gasteiger partial charge in [-0.25, -0.2) is 9.59 Å². The highest BCUT2D eigenvalue weighted by Gasteiger charge is 2.25. The van der Waals surface area contributed by atoms with Crippen molar-refractivity contribution in [3.05, 3.63) is 79.2 Å². The molecule has 0 aliphatic heterocycles. The zero-order valence-electron chi connectivity index (χ0n) is 19.0. The van der Waals surface area contributed by atoms with Crippen molar-refractivity contribution in [2.24, 2.45) is 0 Å². The minimum atomic E-state index is -0.691. The first kappa shape index (κ1) is 23.6. The van der Waals surface area contributed by atoms with E-state index >= 15 is 0 Å². The number of likely N-dealkylation sites (N-methyl/N-ethyl adjacent to an activating group) is 1. The highest BCUT2D eigenvalue weighted by Crippen LogP contribution is 2.21. The monoisotopic (exact) mass is 453 g/mol. The molecule has 0 atom stereocenters. The van der Waals surface area contributed by atoms with Crippen molar-refractivity contribution < 1.29 is 14.3 Å². The van der Waals surface area contributed by atoms with Gasteiger partial charge in [0.2, 0.25) is 0 Å². The van der Waals surface area contributed by atoms with Crippen LogP contribution in [0.1, 0.15) is 44.6 Å². The van der Waals surface area contributed by atoms with Crippen molar-refractivity contribution in [2.45, 2.75) is 27.3 Å². The van der Waals surface area contributed by atoms with Crippen molar-refractivity contribution in [3.8, 4) is 0 Å². The summed E-state index contributed by atoms with van der Waals surface area (Å²) in [5, 5.41) is 0. The van der Waals surface area contributed by atoms with E-state index in [4.69, 9.17) is 10.5 Å². The number of nitrogens with two attached hydrogens (primary N) is 1. The smallest absolute Gasteiger partial charge is 0.340 e. The fourth-order valence-corrected chi connectivity index (χ4v) is 3.78. The van der Waals surface area contributed by atoms with Crippen LogP contribution in [0.5, 0.6) is 0 Å². The summed E-state index contributed by atoms with van der Waals surface area (Å²) < 4.78 is 6.31. The Balaban J connectivity index is 1.91. The number of nitrogens with one attached hydrogen (secondary N) is 2. The zero-order chi connectivity index (χ0) is 24.3. The van der Waals surface area contributed by atoms with Crippen LogP contribution in [-0.2, 0) is 11.3 Å². The first-order valence-electron chi connectivity index (χ1n) is 10.4. The molecule has 0 aliphatic rings. The molecule has 0 bridgehead atoms. The van der Waals surface area contributed by atoms with E-state index in [9.17, 15) is 19.2 Å². The average Bonchev–Trinajstić information content (AvgIpc) is 3.06. The van der Waals surface area contributed by atoms with Crippen LogP contribution >= 0.6 is 0 Å². The maximum atomic E-state index is 13.0. The molecule has 2 heterocycles. The number of rotatable bonds is 8. The van der Waals surface area contributed by atoms with E-state index < -0.39 is 17.2 Å². The number of H-pyrrole nitrogens is 2. The summed E-state index contributed by atoms with van der Waals surface area (Å²) in [4.78, 5) is 56.7. The SMILES string of the molecule is CCOC(=O)c1c(C)[nH]c(C(=O)CN(C)c2c(N)n(Cc3ccccc3)c(=O)[nH]c2=O)c1C. The first-order chi connectivity index (χ1) is 15.6. The molecule has 0 amide bonds. The number of Topliss-reactive ketones (excluding diaryl/α,β-unsaturated/α-hetero) is 1. The fourth-order valence-electron chi connectivity index (χ4n) is 3.78. The molecular weight excluding hydrogens is 426 g/mol. The minimum Gasteiger partial charge on any atom is -0.462 e. The van der Waals surface area contributed by atoms with Crippen molar-refractivity contribution >= 4 is 23.3 Å². The first-order valence-corrected chi connectivity index (χ1v) is 10.4. The van der Waals surface area contributed by atoms with Crippen molar-refractivity contribution in [1.29, 1.82) is 0 Å². The second-order valence-electron chi connectivity index (χ2n) is 7.69. The van der Waals surface area contributed by atoms with Crippen LogP contribution in [-0.4, -0.2) is 46.5 Å². The Morgan fingerprint density at radius 3 is 2.42 bits per heavy atom. The molecule has 4 N–H and O–H groups in total. The number of ether oxygens (including phenoxy) is 1. The molecule has 174 valence electrons. The largest absolute Gasteiger partial charge is 0.462 e. The lowest BCUT2D eigenvalue weighted by Crippen LogP contribution is -2.39. The van der Waals surface area contributed by atoms with E-state index in [0.717, 1.165) is 5.56 Å². The summed E-state index contributed by atoms with van der Waals surface area (Å²) in [5.41, 5.74) is 7.25. The fraction of sp³-hybridized carbons (Fsp3) is 0.304. The summed E-state index contributed by atoms with van der Waals surface area (Å²) in [6, 6.07) is 9.19. The number of aromatic nitrogens is 3. The van der Waals surface area contributed by atoms with Gasteiger partial charge in [0, 0.05) is 12.7 Å². The number of hydrogen-bond donors (Lipinski definition) is 3. The predicted molar refractivity (Wildman–Crippen MR) is 125 cm³/mol. The zero-order valence-corrected chi connectivity index (χ0v) is 19.0. The number of carbonyl (C=O) groups excluding carboxylic acids is 2. The summed E-state index contributed by atoms with van der Waals surface area (Å²) in [6.45, 7) is 5.21. The Hall–Kier alpha value is -4.08. The normalized spacial score (nSPS) is 10.8. The number of carbonyl (C=O) groups is 2. The van der Waals surface area contributed by atoms with Crippen LogP contribution < -0.4 is 21.9 Å². The van der Waals surface area contributed by atoms with Crippen molar-refractivity contribution in [2.75, 3.05) is 30.8 Å². The Kier molecular flexibility index (Phi) is 6.86. The molecule has 10 heteroatoms. The molecule has 0 aliphatic carbocycles. The number of anilines is 2. The highest BCUT2D eigenvalue weighted by molar-refractivity contribution is 6.03. The number of benzene rings is 1. The van der Waals surface area contributed by atoms with Gasteiger partial charge in [0.15, 0.2) is 5.78 Å². The second-order valence-corrected chi connectivity index (χ2v) is 7.69. The van der Waals surface area contributed by atoms with Crippen molar-refractivity contribution in [3.63, 3.8) is 0 Å². The Morgan fingerprint density at radius 1 is 1.12 bits per heavy atom. The third-order valence-electron chi connectivity index (χ3n) is 5.36. The molecule has 0 saturated heterocycles. The second kappa shape index (κ2) is 9.60. The van der Waals surface area contributed by atoms with E-state index in [2.05, 4.69) is 9.97 Å². The number of ketones is 1. The maximum Gasteiger partial charge on any atom is 0.340 e. The Labute approximate surface area is 190 Å². The molecule has 0 unspecified atom stereocenters. The van der Waals surface area contributed by atoms with E-state index in [0.29, 0.717) is 16.8 Å². The van der Waals surface area contributed by atoms with Gasteiger partial charge in [-0.05, 0) is 31.9 Å². The van der Waals surface area contributed by atoms with Gasteiger partial charge in [0.1, 0.15) is 11.5 Å². The van der Waals surface area contributed by atoms with Crippen LogP contribution in [0.3, 0.4) is 0 Å². The van der Waals surface area contributed by atoms with E-state index in [1.165, 1.54) is 16.5 Å². The molecule has 0 fully saturated rings. The van der Waals surface area contributed by atoms with Crippen LogP contribution in [0.25, 0.3) is 0 Å². The van der Waals surface area contributed by atoms with Gasteiger partial charge < -0.3 is 20.4 Å². The molecule has 0 saturated carbocycles. The van der Waals surface area contributed by atoms with Gasteiger partial charge in [-0.3, -0.25) is 19.1 Å². The molecule has 0 spiro atoms. The van der Waals surface area contributed by atoms with Crippen LogP contribution in [0.15, 0.2) is 39.9 Å². The average molecular weight is 453 g/mol. The molecule has 3 aromatic rings. The van der Waals surface area contributed by atoms with Gasteiger partial charge in [-0.15, -0.1) is 0 Å². The van der Waals surface area contributed by atoms with E-state index in [-0.39, 0.29) is 42.7 Å². The molecule has 3 rings (SSSR count). The number of nitrogen functional groups attached to an aromatic ring is 1. The highest BCUT2D eigenvalue weighted by atomic mass is 16.5. The quantitative estimate of drug-likeness (QED) is 0.347. The van der Waals surface area contributed by atoms with E-state index in [1.807, 2.05) is 30.3 Å². The van der Waals surface area contributed by atoms with Gasteiger partial charge in [-0.2, -0.15) is 0 Å². The molecule has 0 radical (unpaired) electrons.